The molecular weight excluding hydrogens is 537 g/mol. The number of carbonyl (C=O) groups is 1. The number of halogens is 3. The van der Waals surface area contributed by atoms with Crippen molar-refractivity contribution in [3.63, 3.8) is 0 Å². The minimum Gasteiger partial charge on any atom is -0.382 e. The van der Waals surface area contributed by atoms with Crippen molar-refractivity contribution in [2.45, 2.75) is 25.9 Å². The van der Waals surface area contributed by atoms with Gasteiger partial charge in [-0.15, -0.1) is 0 Å². The quantitative estimate of drug-likeness (QED) is 0.468. The number of nitrogen functional groups attached to an aromatic ring is 1. The predicted octanol–water partition coefficient (Wildman–Crippen LogP) is 4.11. The Morgan fingerprint density at radius 3 is 2.49 bits per heavy atom. The molecule has 1 saturated carbocycles. The minimum absolute atomic E-state index is 0.213. The number of ether oxygens (including phenoxy) is 1. The number of nitrogens with two attached hydrogens (primary N) is 1. The Balaban J connectivity index is 1.31. The fraction of sp³-hybridized carbons (Fsp3) is 0.464. The summed E-state index contributed by atoms with van der Waals surface area (Å²) < 4.78 is 47.3. The molecule has 0 radical (unpaired) electrons. The van der Waals surface area contributed by atoms with E-state index in [0.29, 0.717) is 55.7 Å². The number of nitrogens with one attached hydrogen (secondary N) is 1. The van der Waals surface area contributed by atoms with Crippen molar-refractivity contribution in [3.8, 4) is 11.4 Å². The SMILES string of the molecule is CC1[C@@H]2CC[C@H]1CN(c1cccnc1NC(=O)c1nc(-c3nc(N4CCOCC4)ccc3C(F)(F)F)cnc1N)C2. The molecule has 10 nitrogen and oxygen atoms in total. The van der Waals surface area contributed by atoms with E-state index in [1.165, 1.54) is 18.9 Å². The zero-order chi connectivity index (χ0) is 28.7. The zero-order valence-corrected chi connectivity index (χ0v) is 22.6. The van der Waals surface area contributed by atoms with E-state index in [0.717, 1.165) is 31.0 Å². The van der Waals surface area contributed by atoms with E-state index >= 15 is 0 Å². The van der Waals surface area contributed by atoms with Crippen molar-refractivity contribution in [2.75, 3.05) is 60.2 Å². The van der Waals surface area contributed by atoms with Crippen LogP contribution < -0.4 is 20.9 Å². The van der Waals surface area contributed by atoms with Gasteiger partial charge in [0.1, 0.15) is 17.2 Å². The number of hydrogen-bond donors (Lipinski definition) is 2. The van der Waals surface area contributed by atoms with E-state index in [1.54, 1.807) is 6.20 Å². The van der Waals surface area contributed by atoms with Crippen molar-refractivity contribution >= 4 is 29.0 Å². The van der Waals surface area contributed by atoms with Gasteiger partial charge in [-0.05, 0) is 54.9 Å². The smallest absolute Gasteiger partial charge is 0.382 e. The highest BCUT2D eigenvalue weighted by Gasteiger charge is 2.40. The number of aromatic nitrogens is 4. The molecule has 5 heterocycles. The van der Waals surface area contributed by atoms with Crippen molar-refractivity contribution in [3.05, 3.63) is 47.9 Å². The number of rotatable bonds is 5. The average Bonchev–Trinajstić information content (AvgIpc) is 3.16. The van der Waals surface area contributed by atoms with E-state index in [2.05, 4.69) is 37.1 Å². The molecule has 3 atom stereocenters. The highest BCUT2D eigenvalue weighted by Crippen LogP contribution is 2.44. The molecule has 3 aromatic rings. The number of amides is 1. The highest BCUT2D eigenvalue weighted by atomic mass is 19.4. The molecular formula is C28H31F3N8O2. The summed E-state index contributed by atoms with van der Waals surface area (Å²) in [7, 11) is 0. The Hall–Kier alpha value is -4.00. The van der Waals surface area contributed by atoms with E-state index in [9.17, 15) is 18.0 Å². The Morgan fingerprint density at radius 1 is 1.05 bits per heavy atom. The maximum atomic E-state index is 14.0. The lowest BCUT2D eigenvalue weighted by atomic mass is 9.86. The number of carbonyl (C=O) groups excluding carboxylic acids is 1. The monoisotopic (exact) mass is 568 g/mol. The van der Waals surface area contributed by atoms with Gasteiger partial charge < -0.3 is 25.6 Å². The third-order valence-corrected chi connectivity index (χ3v) is 8.44. The first-order valence-corrected chi connectivity index (χ1v) is 13.7. The topological polar surface area (TPSA) is 122 Å². The Morgan fingerprint density at radius 2 is 1.78 bits per heavy atom. The molecule has 6 rings (SSSR count). The van der Waals surface area contributed by atoms with Gasteiger partial charge in [0.15, 0.2) is 17.3 Å². The summed E-state index contributed by atoms with van der Waals surface area (Å²) in [6.45, 7) is 5.90. The van der Waals surface area contributed by atoms with Crippen LogP contribution in [0.3, 0.4) is 0 Å². The van der Waals surface area contributed by atoms with Crippen LogP contribution >= 0.6 is 0 Å². The first-order chi connectivity index (χ1) is 19.7. The molecule has 1 amide bonds. The first-order valence-electron chi connectivity index (χ1n) is 13.7. The largest absolute Gasteiger partial charge is 0.418 e. The Labute approximate surface area is 235 Å². The van der Waals surface area contributed by atoms with E-state index in [-0.39, 0.29) is 17.2 Å². The third kappa shape index (κ3) is 5.37. The van der Waals surface area contributed by atoms with Crippen LogP contribution in [0.5, 0.6) is 0 Å². The number of alkyl halides is 3. The Bertz CT molecular complexity index is 1430. The molecule has 216 valence electrons. The van der Waals surface area contributed by atoms with Crippen LogP contribution in [-0.2, 0) is 10.9 Å². The third-order valence-electron chi connectivity index (χ3n) is 8.44. The van der Waals surface area contributed by atoms with Crippen molar-refractivity contribution < 1.29 is 22.7 Å². The summed E-state index contributed by atoms with van der Waals surface area (Å²) in [5, 5.41) is 2.77. The van der Waals surface area contributed by atoms with Crippen LogP contribution in [0.25, 0.3) is 11.4 Å². The van der Waals surface area contributed by atoms with Crippen molar-refractivity contribution in [1.82, 2.24) is 19.9 Å². The van der Waals surface area contributed by atoms with Crippen molar-refractivity contribution in [1.29, 1.82) is 0 Å². The summed E-state index contributed by atoms with van der Waals surface area (Å²) in [4.78, 5) is 34.5. The number of nitrogens with zero attached hydrogens (tertiary/aromatic N) is 6. The summed E-state index contributed by atoms with van der Waals surface area (Å²) >= 11 is 0. The fourth-order valence-electron chi connectivity index (χ4n) is 6.13. The molecule has 2 aliphatic heterocycles. The lowest BCUT2D eigenvalue weighted by molar-refractivity contribution is -0.137. The van der Waals surface area contributed by atoms with Gasteiger partial charge in [-0.2, -0.15) is 13.2 Å². The van der Waals surface area contributed by atoms with Crippen molar-refractivity contribution in [2.24, 2.45) is 17.8 Å². The van der Waals surface area contributed by atoms with Crippen LogP contribution in [0.4, 0.5) is 36.3 Å². The molecule has 13 heteroatoms. The van der Waals surface area contributed by atoms with E-state index in [4.69, 9.17) is 10.5 Å². The molecule has 1 aliphatic carbocycles. The van der Waals surface area contributed by atoms with Crippen LogP contribution in [-0.4, -0.2) is 65.2 Å². The number of hydrogen-bond acceptors (Lipinski definition) is 9. The number of anilines is 4. The van der Waals surface area contributed by atoms with Gasteiger partial charge in [0, 0.05) is 32.4 Å². The minimum atomic E-state index is -4.70. The molecule has 3 fully saturated rings. The van der Waals surface area contributed by atoms with Gasteiger partial charge >= 0.3 is 6.18 Å². The Kier molecular flexibility index (Phi) is 7.14. The van der Waals surface area contributed by atoms with Crippen LogP contribution in [0, 0.1) is 17.8 Å². The lowest BCUT2D eigenvalue weighted by Gasteiger charge is -2.38. The number of piperidine rings is 1. The maximum absolute atomic E-state index is 14.0. The molecule has 0 aromatic carbocycles. The summed E-state index contributed by atoms with van der Waals surface area (Å²) in [5.41, 5.74) is 4.85. The second-order valence-corrected chi connectivity index (χ2v) is 10.8. The van der Waals surface area contributed by atoms with Gasteiger partial charge in [-0.3, -0.25) is 4.79 Å². The predicted molar refractivity (Wildman–Crippen MR) is 147 cm³/mol. The second-order valence-electron chi connectivity index (χ2n) is 10.8. The molecule has 3 aromatic heterocycles. The molecule has 3 aliphatic rings. The molecule has 3 N–H and O–H groups in total. The molecule has 2 saturated heterocycles. The standard InChI is InChI=1S/C28H31F3N8O2/c1-16-17-4-5-18(16)15-39(14-17)21-3-2-8-33-26(21)37-27(40)24-25(32)34-13-20(35-24)23-19(28(29,30)31)6-7-22(36-23)38-9-11-41-12-10-38/h2-3,6-8,13,16-18H,4-5,9-12,14-15H2,1H3,(H2,32,34)(H,33,37,40)/t16?,17-,18+. The number of morpholine rings is 1. The second kappa shape index (κ2) is 10.8. The fourth-order valence-corrected chi connectivity index (χ4v) is 6.13. The summed E-state index contributed by atoms with van der Waals surface area (Å²) in [6.07, 6.45) is 0.339. The normalized spacial score (nSPS) is 22.6. The lowest BCUT2D eigenvalue weighted by Crippen LogP contribution is -2.41. The first kappa shape index (κ1) is 27.2. The van der Waals surface area contributed by atoms with E-state index in [1.807, 2.05) is 17.0 Å². The van der Waals surface area contributed by atoms with Crippen LogP contribution in [0.15, 0.2) is 36.7 Å². The number of fused-ring (bicyclic) bond motifs is 2. The zero-order valence-electron chi connectivity index (χ0n) is 22.6. The van der Waals surface area contributed by atoms with Gasteiger partial charge in [0.25, 0.3) is 5.91 Å². The van der Waals surface area contributed by atoms with Crippen LogP contribution in [0.2, 0.25) is 0 Å². The summed E-state index contributed by atoms with van der Waals surface area (Å²) in [6, 6.07) is 6.01. The van der Waals surface area contributed by atoms with Gasteiger partial charge in [0.2, 0.25) is 0 Å². The van der Waals surface area contributed by atoms with Gasteiger partial charge in [-0.25, -0.2) is 19.9 Å². The molecule has 1 unspecified atom stereocenters. The molecule has 41 heavy (non-hydrogen) atoms. The summed E-state index contributed by atoms with van der Waals surface area (Å²) in [5.74, 6) is 1.58. The van der Waals surface area contributed by atoms with Gasteiger partial charge in [-0.1, -0.05) is 6.92 Å². The maximum Gasteiger partial charge on any atom is 0.418 e. The average molecular weight is 569 g/mol. The van der Waals surface area contributed by atoms with E-state index < -0.39 is 23.3 Å². The molecule has 0 spiro atoms. The number of pyridine rings is 2. The highest BCUT2D eigenvalue weighted by molar-refractivity contribution is 6.06. The van der Waals surface area contributed by atoms with Gasteiger partial charge in [0.05, 0.1) is 30.7 Å². The molecule has 2 bridgehead atoms. The van der Waals surface area contributed by atoms with Crippen LogP contribution in [0.1, 0.15) is 35.8 Å².